The molecule has 5 nitrogen and oxygen atoms in total. The summed E-state index contributed by atoms with van der Waals surface area (Å²) >= 11 is 3.21. The summed E-state index contributed by atoms with van der Waals surface area (Å²) in [6.07, 6.45) is 0. The van der Waals surface area contributed by atoms with Crippen LogP contribution in [0.15, 0.2) is 12.1 Å². The molecule has 1 aromatic rings. The first kappa shape index (κ1) is 16.5. The fraction of sp³-hybridized carbons (Fsp3) is 0.417. The summed E-state index contributed by atoms with van der Waals surface area (Å²) in [5.74, 6) is -3.19. The van der Waals surface area contributed by atoms with Crippen molar-refractivity contribution in [2.45, 2.75) is 19.4 Å². The number of nitro benzene ring substituents is 1. The van der Waals surface area contributed by atoms with Gasteiger partial charge in [-0.2, -0.15) is 4.39 Å². The van der Waals surface area contributed by atoms with Gasteiger partial charge in [-0.1, -0.05) is 15.9 Å². The van der Waals surface area contributed by atoms with Gasteiger partial charge in [-0.25, -0.2) is 4.39 Å². The smallest absolute Gasteiger partial charge is 0.308 e. The number of benzene rings is 1. The van der Waals surface area contributed by atoms with Gasteiger partial charge in [-0.3, -0.25) is 14.9 Å². The minimum absolute atomic E-state index is 0.404. The van der Waals surface area contributed by atoms with Crippen molar-refractivity contribution in [3.63, 3.8) is 0 Å². The molecule has 0 aliphatic carbocycles. The van der Waals surface area contributed by atoms with E-state index in [0.717, 1.165) is 0 Å². The van der Waals surface area contributed by atoms with Gasteiger partial charge < -0.3 is 4.90 Å². The zero-order chi connectivity index (χ0) is 15.7. The van der Waals surface area contributed by atoms with Crippen molar-refractivity contribution < 1.29 is 18.5 Å². The maximum absolute atomic E-state index is 13.9. The monoisotopic (exact) mass is 350 g/mol. The van der Waals surface area contributed by atoms with Crippen LogP contribution in [0, 0.1) is 21.7 Å². The molecule has 0 N–H and O–H groups in total. The number of hydrogen-bond acceptors (Lipinski definition) is 3. The van der Waals surface area contributed by atoms with E-state index in [1.165, 1.54) is 11.9 Å². The van der Waals surface area contributed by atoms with Crippen molar-refractivity contribution in [1.82, 2.24) is 4.90 Å². The molecule has 0 aromatic heterocycles. The Morgan fingerprint density at radius 1 is 1.45 bits per heavy atom. The minimum Gasteiger partial charge on any atom is -0.336 e. The van der Waals surface area contributed by atoms with Crippen LogP contribution in [0.5, 0.6) is 0 Å². The van der Waals surface area contributed by atoms with Crippen LogP contribution in [0.2, 0.25) is 0 Å². The molecule has 0 saturated heterocycles. The largest absolute Gasteiger partial charge is 0.336 e. The van der Waals surface area contributed by atoms with Crippen LogP contribution in [0.1, 0.15) is 24.2 Å². The molecular weight excluding hydrogens is 338 g/mol. The zero-order valence-corrected chi connectivity index (χ0v) is 12.7. The van der Waals surface area contributed by atoms with E-state index in [0.29, 0.717) is 17.5 Å². The Labute approximate surface area is 122 Å². The van der Waals surface area contributed by atoms with Gasteiger partial charge >= 0.3 is 5.69 Å². The average molecular weight is 351 g/mol. The van der Waals surface area contributed by atoms with Crippen molar-refractivity contribution in [1.29, 1.82) is 0 Å². The number of nitrogens with zero attached hydrogens (tertiary/aromatic N) is 2. The SMILES string of the molecule is CN(C(=O)c1cc(F)cc([N+](=O)[O-])c1F)C(C)(C)CBr. The lowest BCUT2D eigenvalue weighted by Crippen LogP contribution is -2.46. The van der Waals surface area contributed by atoms with Gasteiger partial charge in [0.1, 0.15) is 5.82 Å². The van der Waals surface area contributed by atoms with Crippen LogP contribution in [-0.2, 0) is 0 Å². The Hall–Kier alpha value is -1.57. The maximum atomic E-state index is 13.9. The van der Waals surface area contributed by atoms with Gasteiger partial charge in [0.05, 0.1) is 16.6 Å². The van der Waals surface area contributed by atoms with E-state index in [4.69, 9.17) is 0 Å². The van der Waals surface area contributed by atoms with Gasteiger partial charge in [0.2, 0.25) is 5.82 Å². The summed E-state index contributed by atoms with van der Waals surface area (Å²) in [6.45, 7) is 3.43. The van der Waals surface area contributed by atoms with Crippen molar-refractivity contribution in [3.05, 3.63) is 39.4 Å². The molecule has 0 heterocycles. The third kappa shape index (κ3) is 3.12. The molecule has 0 unspecified atom stereocenters. The van der Waals surface area contributed by atoms with Crippen molar-refractivity contribution in [2.75, 3.05) is 12.4 Å². The summed E-state index contributed by atoms with van der Waals surface area (Å²) in [4.78, 5) is 22.9. The number of carbonyl (C=O) groups excluding carboxylic acids is 1. The molecular formula is C12H13BrF2N2O3. The second-order valence-electron chi connectivity index (χ2n) is 4.85. The summed E-state index contributed by atoms with van der Waals surface area (Å²) < 4.78 is 27.3. The van der Waals surface area contributed by atoms with Crippen LogP contribution >= 0.6 is 15.9 Å². The third-order valence-electron chi connectivity index (χ3n) is 2.98. The highest BCUT2D eigenvalue weighted by atomic mass is 79.9. The normalized spacial score (nSPS) is 11.3. The number of hydrogen-bond donors (Lipinski definition) is 0. The maximum Gasteiger partial charge on any atom is 0.308 e. The molecule has 110 valence electrons. The predicted molar refractivity (Wildman–Crippen MR) is 73.0 cm³/mol. The molecule has 20 heavy (non-hydrogen) atoms. The molecule has 0 spiro atoms. The molecule has 0 aliphatic rings. The number of carbonyl (C=O) groups is 1. The highest BCUT2D eigenvalue weighted by Crippen LogP contribution is 2.25. The first-order chi connectivity index (χ1) is 9.11. The molecule has 0 aliphatic heterocycles. The predicted octanol–water partition coefficient (Wildman–Crippen LogP) is 3.12. The van der Waals surface area contributed by atoms with Crippen molar-refractivity contribution >= 4 is 27.5 Å². The van der Waals surface area contributed by atoms with Crippen molar-refractivity contribution in [2.24, 2.45) is 0 Å². The van der Waals surface area contributed by atoms with E-state index in [1.54, 1.807) is 13.8 Å². The lowest BCUT2D eigenvalue weighted by Gasteiger charge is -2.34. The van der Waals surface area contributed by atoms with Gasteiger partial charge in [-0.05, 0) is 19.9 Å². The van der Waals surface area contributed by atoms with E-state index in [-0.39, 0.29) is 0 Å². The van der Waals surface area contributed by atoms with Gasteiger partial charge in [0.15, 0.2) is 0 Å². The molecule has 1 aromatic carbocycles. The first-order valence-corrected chi connectivity index (χ1v) is 6.71. The van der Waals surface area contributed by atoms with Gasteiger partial charge in [0.25, 0.3) is 5.91 Å². The second kappa shape index (κ2) is 5.82. The molecule has 0 atom stereocenters. The second-order valence-corrected chi connectivity index (χ2v) is 5.41. The Morgan fingerprint density at radius 2 is 2.00 bits per heavy atom. The Balaban J connectivity index is 3.34. The number of alkyl halides is 1. The Bertz CT molecular complexity index is 564. The molecule has 0 radical (unpaired) electrons. The third-order valence-corrected chi connectivity index (χ3v) is 4.36. The van der Waals surface area contributed by atoms with Crippen LogP contribution in [0.25, 0.3) is 0 Å². The van der Waals surface area contributed by atoms with E-state index >= 15 is 0 Å². The first-order valence-electron chi connectivity index (χ1n) is 5.59. The lowest BCUT2D eigenvalue weighted by atomic mass is 10.0. The zero-order valence-electron chi connectivity index (χ0n) is 11.1. The van der Waals surface area contributed by atoms with Crippen LogP contribution in [0.4, 0.5) is 14.5 Å². The quantitative estimate of drug-likeness (QED) is 0.476. The van der Waals surface area contributed by atoms with Crippen LogP contribution in [0.3, 0.4) is 0 Å². The number of nitro groups is 1. The molecule has 8 heteroatoms. The van der Waals surface area contributed by atoms with E-state index in [9.17, 15) is 23.7 Å². The highest BCUT2D eigenvalue weighted by molar-refractivity contribution is 9.09. The van der Waals surface area contributed by atoms with E-state index in [2.05, 4.69) is 15.9 Å². The summed E-state index contributed by atoms with van der Waals surface area (Å²) in [5, 5.41) is 11.0. The van der Waals surface area contributed by atoms with Crippen LogP contribution in [-0.4, -0.2) is 33.6 Å². The molecule has 0 bridgehead atoms. The summed E-state index contributed by atoms with van der Waals surface area (Å²) in [5.41, 5.74) is -2.38. The minimum atomic E-state index is -1.33. The fourth-order valence-corrected chi connectivity index (χ4v) is 1.78. The number of amides is 1. The van der Waals surface area contributed by atoms with Crippen LogP contribution < -0.4 is 0 Å². The Kier molecular flexibility index (Phi) is 4.80. The van der Waals surface area contributed by atoms with Gasteiger partial charge in [-0.15, -0.1) is 0 Å². The topological polar surface area (TPSA) is 63.5 Å². The van der Waals surface area contributed by atoms with Gasteiger partial charge in [0, 0.05) is 17.9 Å². The Morgan fingerprint density at radius 3 is 2.45 bits per heavy atom. The molecule has 0 saturated carbocycles. The highest BCUT2D eigenvalue weighted by Gasteiger charge is 2.31. The molecule has 1 rings (SSSR count). The number of halogens is 3. The average Bonchev–Trinajstić information content (AvgIpc) is 2.38. The van der Waals surface area contributed by atoms with Crippen molar-refractivity contribution in [3.8, 4) is 0 Å². The fourth-order valence-electron chi connectivity index (χ4n) is 1.41. The molecule has 1 amide bonds. The summed E-state index contributed by atoms with van der Waals surface area (Å²) in [7, 11) is 1.42. The summed E-state index contributed by atoms with van der Waals surface area (Å²) in [6, 6.07) is 1.10. The standard InChI is InChI=1S/C12H13BrF2N2O3/c1-12(2,6-13)16(3)11(18)8-4-7(14)5-9(10(8)15)17(19)20/h4-5H,6H2,1-3H3. The molecule has 0 fully saturated rings. The lowest BCUT2D eigenvalue weighted by molar-refractivity contribution is -0.387. The number of rotatable bonds is 4. The van der Waals surface area contributed by atoms with E-state index in [1.807, 2.05) is 0 Å². The van der Waals surface area contributed by atoms with E-state index < -0.39 is 39.3 Å².